The Hall–Kier alpha value is -2.93. The van der Waals surface area contributed by atoms with Crippen molar-refractivity contribution in [3.8, 4) is 0 Å². The van der Waals surface area contributed by atoms with E-state index < -0.39 is 46.1 Å². The van der Waals surface area contributed by atoms with Gasteiger partial charge in [-0.15, -0.1) is 11.3 Å². The van der Waals surface area contributed by atoms with Gasteiger partial charge in [-0.2, -0.15) is 31.4 Å². The Morgan fingerprint density at radius 1 is 0.969 bits per heavy atom. The van der Waals surface area contributed by atoms with E-state index in [0.717, 1.165) is 18.2 Å². The fourth-order valence-electron chi connectivity index (χ4n) is 2.44. The Morgan fingerprint density at radius 2 is 1.66 bits per heavy atom. The van der Waals surface area contributed by atoms with Crippen LogP contribution in [-0.4, -0.2) is 16.8 Å². The van der Waals surface area contributed by atoms with Crippen molar-refractivity contribution in [2.75, 3.05) is 5.01 Å². The summed E-state index contributed by atoms with van der Waals surface area (Å²) in [7, 11) is 0. The average molecular weight is 538 g/mol. The number of anilines is 1. The van der Waals surface area contributed by atoms with Crippen LogP contribution in [0.4, 0.5) is 31.5 Å². The molecule has 0 aliphatic heterocycles. The van der Waals surface area contributed by atoms with Gasteiger partial charge in [0.25, 0.3) is 11.8 Å². The first-order valence-electron chi connectivity index (χ1n) is 8.48. The standard InChI is InChI=1S/C19H10BrF6N3O2S/c20-13-7-2-1-6-12(13)16(31)29(17-27-14(9-32-17)19(24,25)26)28-15(30)10-4-3-5-11(8-10)18(21,22)23/h1-9H,(H,28,30). The van der Waals surface area contributed by atoms with Crippen LogP contribution in [0.5, 0.6) is 0 Å². The quantitative estimate of drug-likeness (QED) is 0.332. The molecule has 3 aromatic rings. The Kier molecular flexibility index (Phi) is 6.60. The molecule has 1 aromatic heterocycles. The highest BCUT2D eigenvalue weighted by atomic mass is 79.9. The van der Waals surface area contributed by atoms with E-state index in [1.807, 2.05) is 0 Å². The van der Waals surface area contributed by atoms with Crippen LogP contribution in [0, 0.1) is 0 Å². The van der Waals surface area contributed by atoms with E-state index in [9.17, 15) is 35.9 Å². The van der Waals surface area contributed by atoms with E-state index in [0.29, 0.717) is 27.8 Å². The minimum absolute atomic E-state index is 0.0272. The van der Waals surface area contributed by atoms with Crippen LogP contribution in [0.3, 0.4) is 0 Å². The lowest BCUT2D eigenvalue weighted by Crippen LogP contribution is -2.46. The molecule has 5 nitrogen and oxygen atoms in total. The molecule has 0 spiro atoms. The number of nitrogens with one attached hydrogen (secondary N) is 1. The van der Waals surface area contributed by atoms with Crippen LogP contribution in [0.1, 0.15) is 32.0 Å². The van der Waals surface area contributed by atoms with Crippen molar-refractivity contribution in [2.24, 2.45) is 0 Å². The van der Waals surface area contributed by atoms with Crippen molar-refractivity contribution >= 4 is 44.2 Å². The molecule has 3 rings (SSSR count). The number of carbonyl (C=O) groups excluding carboxylic acids is 2. The normalized spacial score (nSPS) is 11.8. The number of hydrogen-bond donors (Lipinski definition) is 1. The number of hydrogen-bond acceptors (Lipinski definition) is 4. The molecule has 13 heteroatoms. The van der Waals surface area contributed by atoms with Gasteiger partial charge in [-0.1, -0.05) is 18.2 Å². The third-order valence-corrected chi connectivity index (χ3v) is 5.46. The van der Waals surface area contributed by atoms with Crippen molar-refractivity contribution in [1.82, 2.24) is 10.4 Å². The number of halogens is 7. The Labute approximate surface area is 188 Å². The Morgan fingerprint density at radius 3 is 2.25 bits per heavy atom. The minimum Gasteiger partial charge on any atom is -0.267 e. The maximum atomic E-state index is 13.0. The molecule has 168 valence electrons. The van der Waals surface area contributed by atoms with E-state index in [-0.39, 0.29) is 10.0 Å². The zero-order chi connectivity index (χ0) is 23.7. The molecule has 0 saturated carbocycles. The highest BCUT2D eigenvalue weighted by Crippen LogP contribution is 2.34. The minimum atomic E-state index is -4.80. The van der Waals surface area contributed by atoms with Gasteiger partial charge < -0.3 is 0 Å². The van der Waals surface area contributed by atoms with Gasteiger partial charge in [0, 0.05) is 15.4 Å². The number of carbonyl (C=O) groups is 2. The maximum absolute atomic E-state index is 13.0. The van der Waals surface area contributed by atoms with Gasteiger partial charge in [-0.25, -0.2) is 4.98 Å². The third-order valence-electron chi connectivity index (χ3n) is 3.95. The molecule has 2 aromatic carbocycles. The molecule has 0 fully saturated rings. The molecule has 1 heterocycles. The smallest absolute Gasteiger partial charge is 0.267 e. The van der Waals surface area contributed by atoms with E-state index in [1.54, 1.807) is 6.07 Å². The summed E-state index contributed by atoms with van der Waals surface area (Å²) in [4.78, 5) is 29.0. The van der Waals surface area contributed by atoms with Gasteiger partial charge in [0.2, 0.25) is 5.13 Å². The summed E-state index contributed by atoms with van der Waals surface area (Å²) >= 11 is 3.56. The average Bonchev–Trinajstić information content (AvgIpc) is 3.22. The van der Waals surface area contributed by atoms with Gasteiger partial charge >= 0.3 is 12.4 Å². The number of hydrazine groups is 1. The number of aromatic nitrogens is 1. The summed E-state index contributed by atoms with van der Waals surface area (Å²) in [6.07, 6.45) is -9.53. The number of amides is 2. The number of alkyl halides is 6. The summed E-state index contributed by atoms with van der Waals surface area (Å²) in [5, 5.41) is 0.577. The first-order valence-corrected chi connectivity index (χ1v) is 10.1. The Balaban J connectivity index is 2.00. The van der Waals surface area contributed by atoms with E-state index in [2.05, 4.69) is 26.3 Å². The first kappa shape index (κ1) is 23.7. The molecule has 0 atom stereocenters. The Bertz CT molecular complexity index is 1160. The molecule has 32 heavy (non-hydrogen) atoms. The number of rotatable bonds is 3. The topological polar surface area (TPSA) is 62.3 Å². The number of benzene rings is 2. The second-order valence-electron chi connectivity index (χ2n) is 6.15. The lowest BCUT2D eigenvalue weighted by Gasteiger charge is -2.21. The SMILES string of the molecule is O=C(NN(C(=O)c1ccccc1Br)c1nc(C(F)(F)F)cs1)c1cccc(C(F)(F)F)c1. The van der Waals surface area contributed by atoms with Gasteiger partial charge in [-0.3, -0.25) is 15.0 Å². The molecular formula is C19H10BrF6N3O2S. The van der Waals surface area contributed by atoms with Crippen molar-refractivity contribution in [2.45, 2.75) is 12.4 Å². The van der Waals surface area contributed by atoms with Crippen molar-refractivity contribution in [1.29, 1.82) is 0 Å². The molecule has 0 radical (unpaired) electrons. The molecule has 0 aliphatic carbocycles. The second kappa shape index (κ2) is 8.90. The van der Waals surface area contributed by atoms with Gasteiger partial charge in [0.05, 0.1) is 11.1 Å². The van der Waals surface area contributed by atoms with E-state index in [1.165, 1.54) is 18.2 Å². The van der Waals surface area contributed by atoms with Crippen LogP contribution >= 0.6 is 27.3 Å². The summed E-state index contributed by atoms with van der Waals surface area (Å²) < 4.78 is 78.1. The number of nitrogens with zero attached hydrogens (tertiary/aromatic N) is 2. The lowest BCUT2D eigenvalue weighted by atomic mass is 10.1. The first-order chi connectivity index (χ1) is 14.9. The van der Waals surface area contributed by atoms with Crippen LogP contribution in [0.2, 0.25) is 0 Å². The predicted molar refractivity (Wildman–Crippen MR) is 107 cm³/mol. The molecule has 0 saturated heterocycles. The van der Waals surface area contributed by atoms with Crippen LogP contribution in [0.25, 0.3) is 0 Å². The van der Waals surface area contributed by atoms with Crippen LogP contribution in [-0.2, 0) is 12.4 Å². The molecule has 0 unspecified atom stereocenters. The summed E-state index contributed by atoms with van der Waals surface area (Å²) in [6.45, 7) is 0. The highest BCUT2D eigenvalue weighted by molar-refractivity contribution is 9.10. The summed E-state index contributed by atoms with van der Waals surface area (Å²) in [6, 6.07) is 9.25. The van der Waals surface area contributed by atoms with Gasteiger partial charge in [0.1, 0.15) is 0 Å². The zero-order valence-corrected chi connectivity index (χ0v) is 17.9. The van der Waals surface area contributed by atoms with Crippen molar-refractivity contribution < 1.29 is 35.9 Å². The predicted octanol–water partition coefficient (Wildman–Crippen LogP) is 5.94. The van der Waals surface area contributed by atoms with Crippen molar-refractivity contribution in [3.63, 3.8) is 0 Å². The van der Waals surface area contributed by atoms with Gasteiger partial charge in [0.15, 0.2) is 5.69 Å². The molecule has 0 bridgehead atoms. The summed E-state index contributed by atoms with van der Waals surface area (Å²) in [5.74, 6) is -2.11. The fraction of sp³-hybridized carbons (Fsp3) is 0.105. The molecular weight excluding hydrogens is 528 g/mol. The maximum Gasteiger partial charge on any atom is 0.434 e. The largest absolute Gasteiger partial charge is 0.434 e. The molecule has 1 N–H and O–H groups in total. The highest BCUT2D eigenvalue weighted by Gasteiger charge is 2.36. The summed E-state index contributed by atoms with van der Waals surface area (Å²) in [5.41, 5.74) is -0.837. The lowest BCUT2D eigenvalue weighted by molar-refractivity contribution is -0.140. The fourth-order valence-corrected chi connectivity index (χ4v) is 3.68. The monoisotopic (exact) mass is 537 g/mol. The zero-order valence-electron chi connectivity index (χ0n) is 15.5. The van der Waals surface area contributed by atoms with Crippen molar-refractivity contribution in [3.05, 3.63) is 80.8 Å². The second-order valence-corrected chi connectivity index (χ2v) is 7.84. The van der Waals surface area contributed by atoms with Crippen LogP contribution < -0.4 is 10.4 Å². The number of thiazole rings is 1. The van der Waals surface area contributed by atoms with E-state index in [4.69, 9.17) is 0 Å². The third kappa shape index (κ3) is 5.27. The van der Waals surface area contributed by atoms with E-state index >= 15 is 0 Å². The molecule has 2 amide bonds. The van der Waals surface area contributed by atoms with Crippen LogP contribution in [0.15, 0.2) is 58.4 Å². The molecule has 0 aliphatic rings. The van der Waals surface area contributed by atoms with Gasteiger partial charge in [-0.05, 0) is 46.3 Å².